The summed E-state index contributed by atoms with van der Waals surface area (Å²) >= 11 is 0. The van der Waals surface area contributed by atoms with Gasteiger partial charge in [0, 0.05) is 0 Å². The number of rotatable bonds is 0. The summed E-state index contributed by atoms with van der Waals surface area (Å²) in [5, 5.41) is 6.32. The highest BCUT2D eigenvalue weighted by molar-refractivity contribution is 6.15. The lowest BCUT2D eigenvalue weighted by Crippen LogP contribution is -2.54. The first kappa shape index (κ1) is 8.39. The monoisotopic (exact) mass is 207 g/mol. The Kier molecular flexibility index (Phi) is 1.32. The van der Waals surface area contributed by atoms with Crippen LogP contribution in [0.15, 0.2) is 0 Å². The number of carbonyl (C=O) groups is 2. The molecule has 1 aliphatic heterocycles. The Morgan fingerprint density at radius 1 is 1.40 bits per heavy atom. The maximum absolute atomic E-state index is 12.0. The zero-order valence-corrected chi connectivity index (χ0v) is 7.86. The molecule has 0 radical (unpaired) electrons. The molecule has 0 saturated heterocycles. The number of nitrogen functional groups attached to an aromatic ring is 1. The molecule has 1 saturated carbocycles. The molecule has 2 aliphatic rings. The third-order valence-corrected chi connectivity index (χ3v) is 3.09. The van der Waals surface area contributed by atoms with Gasteiger partial charge in [-0.15, -0.1) is 5.10 Å². The maximum Gasteiger partial charge on any atom is 0.265 e. The average molecular weight is 207 g/mol. The lowest BCUT2D eigenvalue weighted by Gasteiger charge is -2.40. The fourth-order valence-corrected chi connectivity index (χ4v) is 2.04. The number of nitrogens with one attached hydrogen (secondary N) is 1. The van der Waals surface area contributed by atoms with E-state index in [2.05, 4.69) is 15.4 Å². The molecule has 7 nitrogen and oxygen atoms in total. The van der Waals surface area contributed by atoms with Crippen molar-refractivity contribution in [3.8, 4) is 0 Å². The Morgan fingerprint density at radius 3 is 2.73 bits per heavy atom. The molecule has 1 amide bonds. The predicted octanol–water partition coefficient (Wildman–Crippen LogP) is -0.377. The van der Waals surface area contributed by atoms with Crippen molar-refractivity contribution in [2.24, 2.45) is 5.41 Å². The van der Waals surface area contributed by atoms with E-state index >= 15 is 0 Å². The van der Waals surface area contributed by atoms with Gasteiger partial charge < -0.3 is 5.73 Å². The standard InChI is InChI=1S/C8H9N5O2/c9-6-11-7-10-4(14)8(2-1-3-8)5(15)13(7)12-6/h1-3H2,(H3,9,10,11,12,14). The van der Waals surface area contributed by atoms with Crippen LogP contribution < -0.4 is 11.1 Å². The lowest BCUT2D eigenvalue weighted by molar-refractivity contribution is -0.127. The molecular weight excluding hydrogens is 198 g/mol. The van der Waals surface area contributed by atoms with Crippen LogP contribution >= 0.6 is 0 Å². The molecule has 2 heterocycles. The fourth-order valence-electron chi connectivity index (χ4n) is 2.04. The SMILES string of the molecule is Nc1nc2n(n1)C(=O)C1(CCC1)C(=O)N2. The molecule has 1 aromatic heterocycles. The van der Waals surface area contributed by atoms with Gasteiger partial charge in [0.05, 0.1) is 0 Å². The van der Waals surface area contributed by atoms with Crippen LogP contribution in [-0.2, 0) is 4.79 Å². The van der Waals surface area contributed by atoms with E-state index in [1.807, 2.05) is 0 Å². The maximum atomic E-state index is 12.0. The van der Waals surface area contributed by atoms with E-state index in [-0.39, 0.29) is 23.7 Å². The second kappa shape index (κ2) is 2.36. The van der Waals surface area contributed by atoms with Crippen molar-refractivity contribution in [1.82, 2.24) is 14.8 Å². The molecule has 1 spiro atoms. The number of nitrogens with two attached hydrogens (primary N) is 1. The zero-order valence-electron chi connectivity index (χ0n) is 7.86. The zero-order chi connectivity index (χ0) is 10.6. The number of anilines is 2. The van der Waals surface area contributed by atoms with E-state index in [1.165, 1.54) is 0 Å². The van der Waals surface area contributed by atoms with Gasteiger partial charge in [0.15, 0.2) is 0 Å². The Morgan fingerprint density at radius 2 is 2.13 bits per heavy atom. The van der Waals surface area contributed by atoms with Gasteiger partial charge in [-0.05, 0) is 12.8 Å². The number of hydrogen-bond donors (Lipinski definition) is 2. The molecule has 3 N–H and O–H groups in total. The fraction of sp³-hybridized carbons (Fsp3) is 0.500. The molecule has 3 rings (SSSR count). The van der Waals surface area contributed by atoms with Crippen molar-refractivity contribution in [2.75, 3.05) is 11.1 Å². The van der Waals surface area contributed by atoms with Gasteiger partial charge in [-0.1, -0.05) is 6.42 Å². The summed E-state index contributed by atoms with van der Waals surface area (Å²) in [6, 6.07) is 0. The number of hydrogen-bond acceptors (Lipinski definition) is 5. The number of amides is 1. The van der Waals surface area contributed by atoms with Crippen LogP contribution in [0.4, 0.5) is 11.9 Å². The van der Waals surface area contributed by atoms with Gasteiger partial charge in [0.25, 0.3) is 5.91 Å². The molecule has 0 unspecified atom stereocenters. The summed E-state index contributed by atoms with van der Waals surface area (Å²) in [7, 11) is 0. The highest BCUT2D eigenvalue weighted by atomic mass is 16.2. The number of aromatic nitrogens is 3. The average Bonchev–Trinajstić information content (AvgIpc) is 2.43. The van der Waals surface area contributed by atoms with Gasteiger partial charge in [0.1, 0.15) is 5.41 Å². The lowest BCUT2D eigenvalue weighted by atomic mass is 9.67. The van der Waals surface area contributed by atoms with Crippen molar-refractivity contribution in [1.29, 1.82) is 0 Å². The van der Waals surface area contributed by atoms with E-state index in [9.17, 15) is 9.59 Å². The van der Waals surface area contributed by atoms with Crippen molar-refractivity contribution in [3.63, 3.8) is 0 Å². The van der Waals surface area contributed by atoms with E-state index in [1.54, 1.807) is 0 Å². The molecule has 0 atom stereocenters. The molecular formula is C8H9N5O2. The molecule has 1 aromatic rings. The minimum absolute atomic E-state index is 0.00461. The minimum Gasteiger partial charge on any atom is -0.366 e. The van der Waals surface area contributed by atoms with Crippen LogP contribution in [0.3, 0.4) is 0 Å². The third-order valence-electron chi connectivity index (χ3n) is 3.09. The Hall–Kier alpha value is -1.92. The van der Waals surface area contributed by atoms with Gasteiger partial charge in [-0.2, -0.15) is 9.67 Å². The van der Waals surface area contributed by atoms with E-state index in [4.69, 9.17) is 5.73 Å². The number of nitrogens with zero attached hydrogens (tertiary/aromatic N) is 3. The smallest absolute Gasteiger partial charge is 0.265 e. The first-order valence-electron chi connectivity index (χ1n) is 4.72. The summed E-state index contributed by atoms with van der Waals surface area (Å²) in [5.74, 6) is -0.467. The van der Waals surface area contributed by atoms with Crippen molar-refractivity contribution in [2.45, 2.75) is 19.3 Å². The van der Waals surface area contributed by atoms with Crippen LogP contribution in [0.5, 0.6) is 0 Å². The number of fused-ring (bicyclic) bond motifs is 1. The molecule has 7 heteroatoms. The van der Waals surface area contributed by atoms with E-state index in [0.717, 1.165) is 11.1 Å². The first-order valence-corrected chi connectivity index (χ1v) is 4.72. The second-order valence-electron chi connectivity index (χ2n) is 3.90. The Bertz CT molecular complexity index is 473. The number of carbonyl (C=O) groups excluding carboxylic acids is 2. The van der Waals surface area contributed by atoms with Crippen LogP contribution in [0, 0.1) is 5.41 Å². The van der Waals surface area contributed by atoms with Crippen LogP contribution in [-0.4, -0.2) is 26.6 Å². The topological polar surface area (TPSA) is 103 Å². The van der Waals surface area contributed by atoms with Crippen molar-refractivity contribution >= 4 is 23.7 Å². The van der Waals surface area contributed by atoms with Crippen molar-refractivity contribution < 1.29 is 9.59 Å². The second-order valence-corrected chi connectivity index (χ2v) is 3.90. The molecule has 78 valence electrons. The van der Waals surface area contributed by atoms with E-state index in [0.29, 0.717) is 12.8 Å². The van der Waals surface area contributed by atoms with E-state index < -0.39 is 5.41 Å². The molecule has 1 fully saturated rings. The van der Waals surface area contributed by atoms with Gasteiger partial charge in [0.2, 0.25) is 17.8 Å². The first-order chi connectivity index (χ1) is 7.13. The largest absolute Gasteiger partial charge is 0.366 e. The highest BCUT2D eigenvalue weighted by Gasteiger charge is 2.55. The Labute approximate surface area is 84.6 Å². The summed E-state index contributed by atoms with van der Waals surface area (Å²) < 4.78 is 1.09. The normalized spacial score (nSPS) is 22.1. The summed E-state index contributed by atoms with van der Waals surface area (Å²) in [6.45, 7) is 0. The third kappa shape index (κ3) is 0.846. The van der Waals surface area contributed by atoms with Gasteiger partial charge >= 0.3 is 0 Å². The van der Waals surface area contributed by atoms with Gasteiger partial charge in [-0.3, -0.25) is 14.9 Å². The van der Waals surface area contributed by atoms with Crippen LogP contribution in [0.25, 0.3) is 0 Å². The highest BCUT2D eigenvalue weighted by Crippen LogP contribution is 2.45. The predicted molar refractivity (Wildman–Crippen MR) is 50.0 cm³/mol. The summed E-state index contributed by atoms with van der Waals surface area (Å²) in [5.41, 5.74) is 4.46. The molecule has 1 aliphatic carbocycles. The molecule has 15 heavy (non-hydrogen) atoms. The Balaban J connectivity index is 2.14. The molecule has 0 aromatic carbocycles. The summed E-state index contributed by atoms with van der Waals surface area (Å²) in [4.78, 5) is 27.5. The van der Waals surface area contributed by atoms with Crippen LogP contribution in [0.1, 0.15) is 24.1 Å². The van der Waals surface area contributed by atoms with Crippen molar-refractivity contribution in [3.05, 3.63) is 0 Å². The van der Waals surface area contributed by atoms with Gasteiger partial charge in [-0.25, -0.2) is 0 Å². The minimum atomic E-state index is -0.910. The summed E-state index contributed by atoms with van der Waals surface area (Å²) in [6.07, 6.45) is 2.05. The quantitative estimate of drug-likeness (QED) is 0.564. The molecule has 0 bridgehead atoms. The van der Waals surface area contributed by atoms with Crippen LogP contribution in [0.2, 0.25) is 0 Å².